The van der Waals surface area contributed by atoms with Gasteiger partial charge in [0.25, 0.3) is 11.6 Å². The van der Waals surface area contributed by atoms with Gasteiger partial charge in [0.05, 0.1) is 10.4 Å². The highest BCUT2D eigenvalue weighted by atomic mass is 16.6. The fourth-order valence-corrected chi connectivity index (χ4v) is 2.00. The summed E-state index contributed by atoms with van der Waals surface area (Å²) in [5, 5.41) is 20.5. The number of para-hydroxylation sites is 1. The number of amides is 1. The minimum Gasteiger partial charge on any atom is -0.321 e. The number of aromatic amines is 1. The zero-order valence-corrected chi connectivity index (χ0v) is 10.7. The molecule has 0 spiro atoms. The van der Waals surface area contributed by atoms with Crippen LogP contribution in [-0.4, -0.2) is 21.0 Å². The second-order valence-corrected chi connectivity index (χ2v) is 4.38. The first-order chi connectivity index (χ1) is 10.1. The molecule has 0 saturated carbocycles. The minimum atomic E-state index is -0.509. The number of benzene rings is 2. The molecule has 0 fully saturated rings. The molecule has 1 heterocycles. The van der Waals surface area contributed by atoms with Crippen molar-refractivity contribution in [2.45, 2.75) is 0 Å². The molecule has 1 aromatic heterocycles. The topological polar surface area (TPSA) is 101 Å². The third kappa shape index (κ3) is 2.44. The number of nitrogens with one attached hydrogen (secondary N) is 2. The van der Waals surface area contributed by atoms with Crippen LogP contribution < -0.4 is 5.32 Å². The summed E-state index contributed by atoms with van der Waals surface area (Å²) in [7, 11) is 0. The molecule has 7 nitrogen and oxygen atoms in total. The number of hydrogen-bond acceptors (Lipinski definition) is 4. The van der Waals surface area contributed by atoms with Crippen molar-refractivity contribution in [2.75, 3.05) is 5.32 Å². The second-order valence-electron chi connectivity index (χ2n) is 4.38. The standard InChI is InChI=1S/C14H10N4O3/c19-14(15-9-4-2-1-3-5-9)13-11-8-10(18(20)21)6-7-12(11)16-17-13/h1-8H,(H,15,19)(H,16,17). The summed E-state index contributed by atoms with van der Waals surface area (Å²) in [6.45, 7) is 0. The first-order valence-electron chi connectivity index (χ1n) is 6.14. The highest BCUT2D eigenvalue weighted by Gasteiger charge is 2.17. The largest absolute Gasteiger partial charge is 0.321 e. The van der Waals surface area contributed by atoms with Crippen molar-refractivity contribution in [2.24, 2.45) is 0 Å². The number of anilines is 1. The zero-order valence-electron chi connectivity index (χ0n) is 10.7. The van der Waals surface area contributed by atoms with E-state index in [9.17, 15) is 14.9 Å². The van der Waals surface area contributed by atoms with Crippen molar-refractivity contribution < 1.29 is 9.72 Å². The SMILES string of the molecule is O=C(Nc1ccccc1)c1n[nH]c2ccc([N+](=O)[O-])cc12. The van der Waals surface area contributed by atoms with Gasteiger partial charge in [-0.3, -0.25) is 20.0 Å². The van der Waals surface area contributed by atoms with Gasteiger partial charge in [-0.1, -0.05) is 18.2 Å². The van der Waals surface area contributed by atoms with E-state index in [4.69, 9.17) is 0 Å². The molecule has 1 amide bonds. The van der Waals surface area contributed by atoms with E-state index in [-0.39, 0.29) is 11.4 Å². The highest BCUT2D eigenvalue weighted by Crippen LogP contribution is 2.22. The van der Waals surface area contributed by atoms with Gasteiger partial charge in [-0.2, -0.15) is 5.10 Å². The number of fused-ring (bicyclic) bond motifs is 1. The highest BCUT2D eigenvalue weighted by molar-refractivity contribution is 6.11. The van der Waals surface area contributed by atoms with Crippen LogP contribution in [0.1, 0.15) is 10.5 Å². The van der Waals surface area contributed by atoms with E-state index in [0.717, 1.165) is 0 Å². The van der Waals surface area contributed by atoms with Gasteiger partial charge in [0.1, 0.15) is 0 Å². The lowest BCUT2D eigenvalue weighted by Crippen LogP contribution is -2.12. The summed E-state index contributed by atoms with van der Waals surface area (Å²) in [5.41, 5.74) is 1.23. The first-order valence-corrected chi connectivity index (χ1v) is 6.14. The van der Waals surface area contributed by atoms with E-state index >= 15 is 0 Å². The van der Waals surface area contributed by atoms with Crippen molar-refractivity contribution >= 4 is 28.2 Å². The Hall–Kier alpha value is -3.22. The summed E-state index contributed by atoms with van der Waals surface area (Å²) >= 11 is 0. The zero-order chi connectivity index (χ0) is 14.8. The Bertz CT molecular complexity index is 827. The van der Waals surface area contributed by atoms with Crippen LogP contribution in [0.4, 0.5) is 11.4 Å². The first kappa shape index (κ1) is 12.8. The van der Waals surface area contributed by atoms with Crippen LogP contribution in [0, 0.1) is 10.1 Å². The molecule has 3 rings (SSSR count). The van der Waals surface area contributed by atoms with Gasteiger partial charge < -0.3 is 5.32 Å². The molecule has 0 atom stereocenters. The molecule has 0 saturated heterocycles. The molecule has 0 aliphatic heterocycles. The van der Waals surface area contributed by atoms with Crippen LogP contribution in [-0.2, 0) is 0 Å². The molecule has 0 unspecified atom stereocenters. The number of nitrogens with zero attached hydrogens (tertiary/aromatic N) is 2. The average Bonchev–Trinajstić information content (AvgIpc) is 2.91. The number of aromatic nitrogens is 2. The van der Waals surface area contributed by atoms with E-state index < -0.39 is 10.8 Å². The Morgan fingerprint density at radius 3 is 2.67 bits per heavy atom. The van der Waals surface area contributed by atoms with E-state index in [1.165, 1.54) is 18.2 Å². The average molecular weight is 282 g/mol. The van der Waals surface area contributed by atoms with E-state index in [1.54, 1.807) is 24.3 Å². The van der Waals surface area contributed by atoms with Gasteiger partial charge in [-0.25, -0.2) is 0 Å². The van der Waals surface area contributed by atoms with Crippen LogP contribution >= 0.6 is 0 Å². The molecular formula is C14H10N4O3. The molecule has 0 aliphatic carbocycles. The van der Waals surface area contributed by atoms with Crippen molar-refractivity contribution in [1.29, 1.82) is 0 Å². The molecule has 21 heavy (non-hydrogen) atoms. The maximum Gasteiger partial charge on any atom is 0.276 e. The van der Waals surface area contributed by atoms with Gasteiger partial charge in [0.15, 0.2) is 5.69 Å². The van der Waals surface area contributed by atoms with Crippen molar-refractivity contribution in [3.05, 3.63) is 64.3 Å². The molecule has 2 N–H and O–H groups in total. The predicted molar refractivity (Wildman–Crippen MR) is 77.1 cm³/mol. The van der Waals surface area contributed by atoms with Crippen molar-refractivity contribution in [1.82, 2.24) is 10.2 Å². The van der Waals surface area contributed by atoms with Gasteiger partial charge in [-0.15, -0.1) is 0 Å². The van der Waals surface area contributed by atoms with Crippen molar-refractivity contribution in [3.8, 4) is 0 Å². The Kier molecular flexibility index (Phi) is 3.07. The van der Waals surface area contributed by atoms with Crippen LogP contribution in [0.25, 0.3) is 10.9 Å². The molecule has 104 valence electrons. The van der Waals surface area contributed by atoms with E-state index in [1.807, 2.05) is 6.07 Å². The van der Waals surface area contributed by atoms with Crippen LogP contribution in [0.15, 0.2) is 48.5 Å². The molecule has 3 aromatic rings. The lowest BCUT2D eigenvalue weighted by Gasteiger charge is -2.02. The maximum atomic E-state index is 12.2. The fourth-order valence-electron chi connectivity index (χ4n) is 2.00. The quantitative estimate of drug-likeness (QED) is 0.569. The van der Waals surface area contributed by atoms with Crippen LogP contribution in [0.2, 0.25) is 0 Å². The number of nitro benzene ring substituents is 1. The number of nitro groups is 1. The normalized spacial score (nSPS) is 10.5. The van der Waals surface area contributed by atoms with E-state index in [2.05, 4.69) is 15.5 Å². The Labute approximate surface area is 118 Å². The number of hydrogen-bond donors (Lipinski definition) is 2. The predicted octanol–water partition coefficient (Wildman–Crippen LogP) is 2.72. The number of non-ortho nitro benzene ring substituents is 1. The van der Waals surface area contributed by atoms with Gasteiger partial charge in [0, 0.05) is 23.2 Å². The number of rotatable bonds is 3. The molecule has 2 aromatic carbocycles. The molecule has 7 heteroatoms. The summed E-state index contributed by atoms with van der Waals surface area (Å²) in [4.78, 5) is 22.5. The van der Waals surface area contributed by atoms with Crippen molar-refractivity contribution in [3.63, 3.8) is 0 Å². The van der Waals surface area contributed by atoms with Gasteiger partial charge >= 0.3 is 0 Å². The molecular weight excluding hydrogens is 272 g/mol. The number of H-pyrrole nitrogens is 1. The summed E-state index contributed by atoms with van der Waals surface area (Å²) < 4.78 is 0. The van der Waals surface area contributed by atoms with Crippen LogP contribution in [0.5, 0.6) is 0 Å². The monoisotopic (exact) mass is 282 g/mol. The smallest absolute Gasteiger partial charge is 0.276 e. The summed E-state index contributed by atoms with van der Waals surface area (Å²) in [5.74, 6) is -0.423. The summed E-state index contributed by atoms with van der Waals surface area (Å²) in [6, 6.07) is 13.1. The van der Waals surface area contributed by atoms with E-state index in [0.29, 0.717) is 16.6 Å². The Balaban J connectivity index is 1.98. The second kappa shape index (κ2) is 5.04. The Morgan fingerprint density at radius 2 is 1.95 bits per heavy atom. The lowest BCUT2D eigenvalue weighted by molar-refractivity contribution is -0.384. The Morgan fingerprint density at radius 1 is 1.19 bits per heavy atom. The maximum absolute atomic E-state index is 12.2. The third-order valence-electron chi connectivity index (χ3n) is 3.00. The minimum absolute atomic E-state index is 0.0855. The van der Waals surface area contributed by atoms with Gasteiger partial charge in [0.2, 0.25) is 0 Å². The number of carbonyl (C=O) groups excluding carboxylic acids is 1. The molecule has 0 radical (unpaired) electrons. The fraction of sp³-hybridized carbons (Fsp3) is 0. The molecule has 0 bridgehead atoms. The van der Waals surface area contributed by atoms with Gasteiger partial charge in [-0.05, 0) is 18.2 Å². The third-order valence-corrected chi connectivity index (χ3v) is 3.00. The number of carbonyl (C=O) groups is 1. The van der Waals surface area contributed by atoms with Crippen LogP contribution in [0.3, 0.4) is 0 Å². The summed E-state index contributed by atoms with van der Waals surface area (Å²) in [6.07, 6.45) is 0. The molecule has 0 aliphatic rings. The lowest BCUT2D eigenvalue weighted by atomic mass is 10.2.